The monoisotopic (exact) mass is 471 g/mol. The van der Waals surface area contributed by atoms with E-state index in [-0.39, 0.29) is 18.1 Å². The number of amides is 1. The van der Waals surface area contributed by atoms with Crippen LogP contribution in [-0.4, -0.2) is 36.4 Å². The number of fused-ring (bicyclic) bond motifs is 3. The number of alkyl carbamates (subject to hydrolysis) is 1. The van der Waals surface area contributed by atoms with Crippen LogP contribution in [0.2, 0.25) is 0 Å². The van der Waals surface area contributed by atoms with Gasteiger partial charge in [0.1, 0.15) is 24.2 Å². The molecule has 0 unspecified atom stereocenters. The Labute approximate surface area is 192 Å². The fourth-order valence-electron chi connectivity index (χ4n) is 4.07. The Morgan fingerprint density at radius 2 is 1.59 bits per heavy atom. The predicted octanol–water partition coefficient (Wildman–Crippen LogP) is 4.96. The molecule has 0 fully saturated rings. The largest absolute Gasteiger partial charge is 0.480 e. The van der Waals surface area contributed by atoms with Crippen molar-refractivity contribution < 1.29 is 37.3 Å². The number of hydrogen-bond donors (Lipinski definition) is 2. The number of carbonyl (C=O) groups is 2. The Bertz CT molecular complexity index is 1170. The highest BCUT2D eigenvalue weighted by molar-refractivity contribution is 5.81. The molecule has 2 N–H and O–H groups in total. The first-order valence-corrected chi connectivity index (χ1v) is 10.4. The van der Waals surface area contributed by atoms with Crippen LogP contribution in [0.25, 0.3) is 11.1 Å². The number of benzene rings is 3. The molecule has 0 aromatic heterocycles. The third-order valence-electron chi connectivity index (χ3n) is 5.61. The van der Waals surface area contributed by atoms with Gasteiger partial charge in [-0.1, -0.05) is 54.6 Å². The summed E-state index contributed by atoms with van der Waals surface area (Å²) in [5, 5.41) is 11.7. The van der Waals surface area contributed by atoms with Crippen LogP contribution in [0.15, 0.2) is 66.7 Å². The summed E-state index contributed by atoms with van der Waals surface area (Å²) >= 11 is 0. The highest BCUT2D eigenvalue weighted by Gasteiger charge is 2.30. The van der Waals surface area contributed by atoms with Gasteiger partial charge in [-0.15, -0.1) is 0 Å². The lowest BCUT2D eigenvalue weighted by molar-refractivity contribution is -0.139. The van der Waals surface area contributed by atoms with Crippen LogP contribution in [0.4, 0.5) is 18.0 Å². The maximum absolute atomic E-state index is 14.2. The molecule has 0 spiro atoms. The van der Waals surface area contributed by atoms with E-state index in [0.29, 0.717) is 0 Å². The maximum Gasteiger partial charge on any atom is 0.407 e. The lowest BCUT2D eigenvalue weighted by Gasteiger charge is -2.18. The van der Waals surface area contributed by atoms with E-state index in [1.807, 2.05) is 48.5 Å². The quantitative estimate of drug-likeness (QED) is 0.485. The molecular formula is C25H20F3NO5. The molecule has 0 bridgehead atoms. The van der Waals surface area contributed by atoms with Gasteiger partial charge in [-0.05, 0) is 33.9 Å². The van der Waals surface area contributed by atoms with Gasteiger partial charge in [0.05, 0.1) is 0 Å². The molecule has 1 aliphatic rings. The fourth-order valence-corrected chi connectivity index (χ4v) is 4.07. The molecule has 34 heavy (non-hydrogen) atoms. The van der Waals surface area contributed by atoms with Crippen molar-refractivity contribution >= 4 is 12.1 Å². The van der Waals surface area contributed by atoms with Gasteiger partial charge in [-0.2, -0.15) is 8.78 Å². The Hall–Kier alpha value is -4.01. The number of hydrogen-bond acceptors (Lipinski definition) is 4. The molecule has 4 rings (SSSR count). The minimum atomic E-state index is -3.12. The first kappa shape index (κ1) is 23.2. The van der Waals surface area contributed by atoms with Crippen molar-refractivity contribution in [3.8, 4) is 16.9 Å². The normalized spacial score (nSPS) is 13.2. The van der Waals surface area contributed by atoms with Crippen LogP contribution in [0, 0.1) is 5.82 Å². The summed E-state index contributed by atoms with van der Waals surface area (Å²) in [5.74, 6) is -2.94. The van der Waals surface area contributed by atoms with Crippen molar-refractivity contribution in [2.24, 2.45) is 0 Å². The number of carboxylic acids is 1. The van der Waals surface area contributed by atoms with Gasteiger partial charge in [0, 0.05) is 18.4 Å². The van der Waals surface area contributed by atoms with Crippen molar-refractivity contribution in [2.75, 3.05) is 6.61 Å². The first-order chi connectivity index (χ1) is 16.3. The van der Waals surface area contributed by atoms with E-state index in [0.717, 1.165) is 40.5 Å². The summed E-state index contributed by atoms with van der Waals surface area (Å²) in [6, 6.07) is 17.0. The average Bonchev–Trinajstić information content (AvgIpc) is 3.12. The SMILES string of the molecule is O=C(N[C@@H](Cc1ccc(OC(F)F)cc1F)C(=O)O)OCC1c2ccccc2-c2ccccc21. The first-order valence-electron chi connectivity index (χ1n) is 10.4. The lowest BCUT2D eigenvalue weighted by atomic mass is 9.98. The Balaban J connectivity index is 1.41. The van der Waals surface area contributed by atoms with Crippen LogP contribution in [0.5, 0.6) is 5.75 Å². The zero-order chi connectivity index (χ0) is 24.2. The smallest absolute Gasteiger partial charge is 0.407 e. The van der Waals surface area contributed by atoms with Crippen LogP contribution < -0.4 is 10.1 Å². The van der Waals surface area contributed by atoms with Crippen molar-refractivity contribution in [3.05, 3.63) is 89.2 Å². The standard InChI is InChI=1S/C25H20F3NO5/c26-21-12-15(34-24(27)28)10-9-14(21)11-22(23(30)31)29-25(32)33-13-20-18-7-3-1-5-16(18)17-6-2-4-8-19(17)20/h1-10,12,20,22,24H,11,13H2,(H,29,32)(H,30,31)/t22-/m0/s1. The molecule has 176 valence electrons. The number of aliphatic carboxylic acids is 1. The second kappa shape index (κ2) is 9.86. The maximum atomic E-state index is 14.2. The summed E-state index contributed by atoms with van der Waals surface area (Å²) in [6.07, 6.45) is -1.38. The summed E-state index contributed by atoms with van der Waals surface area (Å²) in [4.78, 5) is 24.0. The average molecular weight is 471 g/mol. The van der Waals surface area contributed by atoms with E-state index >= 15 is 0 Å². The summed E-state index contributed by atoms with van der Waals surface area (Å²) in [5.41, 5.74) is 4.00. The molecule has 1 aliphatic carbocycles. The zero-order valence-corrected chi connectivity index (χ0v) is 17.7. The molecular weight excluding hydrogens is 451 g/mol. The van der Waals surface area contributed by atoms with E-state index in [2.05, 4.69) is 10.1 Å². The number of rotatable bonds is 8. The molecule has 0 saturated carbocycles. The van der Waals surface area contributed by atoms with Gasteiger partial charge in [-0.3, -0.25) is 0 Å². The lowest BCUT2D eigenvalue weighted by Crippen LogP contribution is -2.43. The Morgan fingerprint density at radius 1 is 0.971 bits per heavy atom. The van der Waals surface area contributed by atoms with Crippen molar-refractivity contribution in [1.29, 1.82) is 0 Å². The molecule has 0 saturated heterocycles. The molecule has 6 nitrogen and oxygen atoms in total. The fraction of sp³-hybridized carbons (Fsp3) is 0.200. The molecule has 1 amide bonds. The summed E-state index contributed by atoms with van der Waals surface area (Å²) in [6.45, 7) is -3.13. The Kier molecular flexibility index (Phi) is 6.72. The minimum Gasteiger partial charge on any atom is -0.480 e. The predicted molar refractivity (Wildman–Crippen MR) is 116 cm³/mol. The number of carboxylic acid groups (broad SMARTS) is 1. The number of nitrogens with one attached hydrogen (secondary N) is 1. The third-order valence-corrected chi connectivity index (χ3v) is 5.61. The van der Waals surface area contributed by atoms with Gasteiger partial charge in [0.25, 0.3) is 0 Å². The second-order valence-electron chi connectivity index (χ2n) is 7.70. The Morgan fingerprint density at radius 3 is 2.15 bits per heavy atom. The highest BCUT2D eigenvalue weighted by Crippen LogP contribution is 2.44. The molecule has 9 heteroatoms. The van der Waals surface area contributed by atoms with Crippen molar-refractivity contribution in [2.45, 2.75) is 25.0 Å². The number of ether oxygens (including phenoxy) is 2. The molecule has 3 aromatic carbocycles. The molecule has 0 radical (unpaired) electrons. The molecule has 0 heterocycles. The van der Waals surface area contributed by atoms with Gasteiger partial charge < -0.3 is 19.9 Å². The van der Waals surface area contributed by atoms with Crippen molar-refractivity contribution in [1.82, 2.24) is 5.32 Å². The van der Waals surface area contributed by atoms with Gasteiger partial charge in [0.2, 0.25) is 0 Å². The zero-order valence-electron chi connectivity index (χ0n) is 17.7. The highest BCUT2D eigenvalue weighted by atomic mass is 19.3. The molecule has 1 atom stereocenters. The number of halogens is 3. The van der Waals surface area contributed by atoms with E-state index in [1.165, 1.54) is 0 Å². The van der Waals surface area contributed by atoms with Crippen LogP contribution >= 0.6 is 0 Å². The van der Waals surface area contributed by atoms with E-state index in [4.69, 9.17) is 4.74 Å². The van der Waals surface area contributed by atoms with Crippen molar-refractivity contribution in [3.63, 3.8) is 0 Å². The molecule has 0 aliphatic heterocycles. The second-order valence-corrected chi connectivity index (χ2v) is 7.70. The van der Waals surface area contributed by atoms with E-state index in [1.54, 1.807) is 0 Å². The number of carbonyl (C=O) groups excluding carboxylic acids is 1. The van der Waals surface area contributed by atoms with Gasteiger partial charge in [-0.25, -0.2) is 14.0 Å². The van der Waals surface area contributed by atoms with E-state index in [9.17, 15) is 27.9 Å². The third kappa shape index (κ3) is 4.98. The summed E-state index contributed by atoms with van der Waals surface area (Å²) < 4.78 is 48.2. The van der Waals surface area contributed by atoms with Crippen LogP contribution in [0.3, 0.4) is 0 Å². The van der Waals surface area contributed by atoms with E-state index < -0.39 is 42.7 Å². The van der Waals surface area contributed by atoms with Crippen LogP contribution in [-0.2, 0) is 16.0 Å². The summed E-state index contributed by atoms with van der Waals surface area (Å²) in [7, 11) is 0. The molecule has 3 aromatic rings. The topological polar surface area (TPSA) is 84.9 Å². The minimum absolute atomic E-state index is 0.0137. The number of alkyl halides is 2. The van der Waals surface area contributed by atoms with Crippen LogP contribution in [0.1, 0.15) is 22.6 Å². The van der Waals surface area contributed by atoms with Gasteiger partial charge >= 0.3 is 18.7 Å². The van der Waals surface area contributed by atoms with Gasteiger partial charge in [0.15, 0.2) is 0 Å².